The van der Waals surface area contributed by atoms with Crippen LogP contribution in [0.5, 0.6) is 0 Å². The van der Waals surface area contributed by atoms with E-state index in [1.807, 2.05) is 0 Å². The van der Waals surface area contributed by atoms with E-state index in [0.717, 1.165) is 0 Å². The number of hydrogen-bond acceptors (Lipinski definition) is 5. The molecule has 0 unspecified atom stereocenters. The summed E-state index contributed by atoms with van der Waals surface area (Å²) in [7, 11) is -3.57. The van der Waals surface area contributed by atoms with Gasteiger partial charge in [0.25, 0.3) is 0 Å². The Kier molecular flexibility index (Phi) is 4.39. The summed E-state index contributed by atoms with van der Waals surface area (Å²) in [5.41, 5.74) is 0.993. The summed E-state index contributed by atoms with van der Waals surface area (Å²) in [5.74, 6) is -0.810. The Morgan fingerprint density at radius 3 is 2.76 bits per heavy atom. The van der Waals surface area contributed by atoms with E-state index >= 15 is 0 Å². The summed E-state index contributed by atoms with van der Waals surface area (Å²) in [6.45, 7) is 1.69. The Morgan fingerprint density at radius 2 is 2.14 bits per heavy atom. The molecule has 0 spiro atoms. The van der Waals surface area contributed by atoms with Gasteiger partial charge in [-0.25, -0.2) is 17.9 Å². The van der Waals surface area contributed by atoms with E-state index in [2.05, 4.69) is 9.88 Å². The lowest BCUT2D eigenvalue weighted by molar-refractivity contribution is 0.0696. The van der Waals surface area contributed by atoms with Crippen molar-refractivity contribution >= 4 is 16.0 Å². The van der Waals surface area contributed by atoms with Crippen molar-refractivity contribution in [1.29, 1.82) is 0 Å². The normalized spacial score (nSPS) is 11.5. The average molecular weight is 310 g/mol. The number of hydrogen-bond donors (Lipinski definition) is 2. The number of carbonyl (C=O) groups is 1. The summed E-state index contributed by atoms with van der Waals surface area (Å²) in [6.07, 6.45) is 0. The molecule has 7 nitrogen and oxygen atoms in total. The lowest BCUT2D eigenvalue weighted by atomic mass is 10.1. The number of nitrogens with zero attached hydrogens (tertiary/aromatic N) is 1. The zero-order valence-corrected chi connectivity index (χ0v) is 12.1. The van der Waals surface area contributed by atoms with Crippen LogP contribution in [-0.4, -0.2) is 24.7 Å². The van der Waals surface area contributed by atoms with Crippen molar-refractivity contribution in [3.05, 3.63) is 52.9 Å². The van der Waals surface area contributed by atoms with Gasteiger partial charge in [-0.05, 0) is 24.6 Å². The summed E-state index contributed by atoms with van der Waals surface area (Å²) in [5, 5.41) is 12.5. The van der Waals surface area contributed by atoms with Gasteiger partial charge in [0.1, 0.15) is 17.2 Å². The van der Waals surface area contributed by atoms with Crippen LogP contribution in [0.15, 0.2) is 34.9 Å². The lowest BCUT2D eigenvalue weighted by Gasteiger charge is -2.06. The standard InChI is InChI=1S/C13H14N2O5S/c1-9-5-12(15-20-9)8-21(18,19)14-7-10-3-2-4-11(6-10)13(16)17/h2-6,14H,7-8H2,1H3,(H,16,17). The van der Waals surface area contributed by atoms with Crippen LogP contribution in [0.1, 0.15) is 27.4 Å². The number of aryl methyl sites for hydroxylation is 1. The lowest BCUT2D eigenvalue weighted by Crippen LogP contribution is -2.25. The SMILES string of the molecule is Cc1cc(CS(=O)(=O)NCc2cccc(C(=O)O)c2)no1. The van der Waals surface area contributed by atoms with Crippen molar-refractivity contribution in [2.45, 2.75) is 19.2 Å². The van der Waals surface area contributed by atoms with Crippen LogP contribution in [0, 0.1) is 6.92 Å². The number of aromatic nitrogens is 1. The van der Waals surface area contributed by atoms with E-state index in [-0.39, 0.29) is 17.9 Å². The Bertz CT molecular complexity index is 751. The molecule has 0 aliphatic carbocycles. The maximum absolute atomic E-state index is 11.9. The molecule has 1 heterocycles. The number of rotatable bonds is 6. The van der Waals surface area contributed by atoms with Crippen LogP contribution in [0.3, 0.4) is 0 Å². The van der Waals surface area contributed by atoms with Crippen LogP contribution in [0.25, 0.3) is 0 Å². The Labute approximate surface area is 121 Å². The zero-order chi connectivity index (χ0) is 15.5. The van der Waals surface area contributed by atoms with Gasteiger partial charge in [0.05, 0.1) is 5.56 Å². The first kappa shape index (κ1) is 15.2. The highest BCUT2D eigenvalue weighted by Gasteiger charge is 2.14. The maximum Gasteiger partial charge on any atom is 0.335 e. The smallest absolute Gasteiger partial charge is 0.335 e. The van der Waals surface area contributed by atoms with Gasteiger partial charge in [0.2, 0.25) is 10.0 Å². The number of nitrogens with one attached hydrogen (secondary N) is 1. The van der Waals surface area contributed by atoms with Gasteiger partial charge in [-0.1, -0.05) is 17.3 Å². The third-order valence-corrected chi connectivity index (χ3v) is 3.94. The zero-order valence-electron chi connectivity index (χ0n) is 11.2. The molecule has 0 aliphatic rings. The minimum atomic E-state index is -3.57. The van der Waals surface area contributed by atoms with Gasteiger partial charge in [-0.3, -0.25) is 0 Å². The van der Waals surface area contributed by atoms with Crippen molar-refractivity contribution in [3.63, 3.8) is 0 Å². The molecule has 21 heavy (non-hydrogen) atoms. The molecule has 0 radical (unpaired) electrons. The van der Waals surface area contributed by atoms with E-state index in [1.54, 1.807) is 25.1 Å². The number of sulfonamides is 1. The number of aromatic carboxylic acids is 1. The molecule has 0 fully saturated rings. The second-order valence-electron chi connectivity index (χ2n) is 4.51. The molecule has 2 rings (SSSR count). The average Bonchev–Trinajstić information content (AvgIpc) is 2.81. The molecule has 0 saturated heterocycles. The van der Waals surface area contributed by atoms with Gasteiger partial charge < -0.3 is 9.63 Å². The molecule has 2 N–H and O–H groups in total. The van der Waals surface area contributed by atoms with Crippen LogP contribution in [0.2, 0.25) is 0 Å². The Balaban J connectivity index is 2.01. The molecular formula is C13H14N2O5S. The fourth-order valence-corrected chi connectivity index (χ4v) is 2.75. The minimum Gasteiger partial charge on any atom is -0.478 e. The summed E-state index contributed by atoms with van der Waals surface area (Å²) < 4.78 is 31.0. The topological polar surface area (TPSA) is 110 Å². The second-order valence-corrected chi connectivity index (χ2v) is 6.32. The summed E-state index contributed by atoms with van der Waals surface area (Å²) in [4.78, 5) is 10.8. The Morgan fingerprint density at radius 1 is 1.38 bits per heavy atom. The molecule has 0 bridgehead atoms. The fraction of sp³-hybridized carbons (Fsp3) is 0.231. The molecule has 1 aromatic carbocycles. The molecule has 0 saturated carbocycles. The van der Waals surface area contributed by atoms with E-state index < -0.39 is 16.0 Å². The van der Waals surface area contributed by atoms with E-state index in [9.17, 15) is 13.2 Å². The monoisotopic (exact) mass is 310 g/mol. The van der Waals surface area contributed by atoms with Crippen molar-refractivity contribution < 1.29 is 22.8 Å². The van der Waals surface area contributed by atoms with Crippen LogP contribution in [-0.2, 0) is 22.3 Å². The van der Waals surface area contributed by atoms with E-state index in [0.29, 0.717) is 17.0 Å². The van der Waals surface area contributed by atoms with Crippen LogP contribution in [0.4, 0.5) is 0 Å². The van der Waals surface area contributed by atoms with Crippen molar-refractivity contribution in [2.24, 2.45) is 0 Å². The molecule has 112 valence electrons. The number of carboxylic acids is 1. The summed E-state index contributed by atoms with van der Waals surface area (Å²) in [6, 6.07) is 7.62. The van der Waals surface area contributed by atoms with Gasteiger partial charge >= 0.3 is 5.97 Å². The quantitative estimate of drug-likeness (QED) is 0.832. The van der Waals surface area contributed by atoms with Gasteiger partial charge in [-0.2, -0.15) is 0 Å². The molecule has 0 amide bonds. The van der Waals surface area contributed by atoms with Gasteiger partial charge in [0, 0.05) is 12.6 Å². The number of carboxylic acid groups (broad SMARTS) is 1. The second kappa shape index (κ2) is 6.06. The van der Waals surface area contributed by atoms with Crippen LogP contribution >= 0.6 is 0 Å². The highest BCUT2D eigenvalue weighted by atomic mass is 32.2. The number of benzene rings is 1. The fourth-order valence-electron chi connectivity index (χ4n) is 1.74. The Hall–Kier alpha value is -2.19. The first-order valence-electron chi connectivity index (χ1n) is 6.07. The molecular weight excluding hydrogens is 296 g/mol. The first-order valence-corrected chi connectivity index (χ1v) is 7.73. The van der Waals surface area contributed by atoms with E-state index in [4.69, 9.17) is 9.63 Å². The van der Waals surface area contributed by atoms with Crippen molar-refractivity contribution in [2.75, 3.05) is 0 Å². The third kappa shape index (κ3) is 4.40. The first-order chi connectivity index (χ1) is 9.85. The van der Waals surface area contributed by atoms with Gasteiger partial charge in [0.15, 0.2) is 0 Å². The largest absolute Gasteiger partial charge is 0.478 e. The molecule has 8 heteroatoms. The minimum absolute atomic E-state index is 0.0142. The van der Waals surface area contributed by atoms with Crippen molar-refractivity contribution in [3.8, 4) is 0 Å². The molecule has 2 aromatic rings. The summed E-state index contributed by atoms with van der Waals surface area (Å²) >= 11 is 0. The molecule has 1 aromatic heterocycles. The van der Waals surface area contributed by atoms with E-state index in [1.165, 1.54) is 12.1 Å². The maximum atomic E-state index is 11.9. The van der Waals surface area contributed by atoms with Crippen molar-refractivity contribution in [1.82, 2.24) is 9.88 Å². The third-order valence-electron chi connectivity index (χ3n) is 2.68. The highest BCUT2D eigenvalue weighted by Crippen LogP contribution is 2.08. The van der Waals surface area contributed by atoms with Crippen LogP contribution < -0.4 is 4.72 Å². The highest BCUT2D eigenvalue weighted by molar-refractivity contribution is 7.88. The predicted octanol–water partition coefficient (Wildman–Crippen LogP) is 1.30. The van der Waals surface area contributed by atoms with Gasteiger partial charge in [-0.15, -0.1) is 0 Å². The molecule has 0 aliphatic heterocycles. The predicted molar refractivity (Wildman–Crippen MR) is 74.1 cm³/mol. The molecule has 0 atom stereocenters.